The van der Waals surface area contributed by atoms with Crippen molar-refractivity contribution in [2.75, 3.05) is 5.32 Å². The van der Waals surface area contributed by atoms with Gasteiger partial charge in [-0.15, -0.1) is 0 Å². The normalized spacial score (nSPS) is 11.8. The molecule has 1 amide bonds. The lowest BCUT2D eigenvalue weighted by Crippen LogP contribution is -2.33. The third-order valence-electron chi connectivity index (χ3n) is 4.28. The van der Waals surface area contributed by atoms with E-state index in [9.17, 15) is 9.59 Å². The molecule has 0 radical (unpaired) electrons. The van der Waals surface area contributed by atoms with Crippen LogP contribution in [0.5, 0.6) is 0 Å². The number of carbonyl (C=O) groups is 1. The molecule has 0 aliphatic carbocycles. The number of carbonyl (C=O) groups excluding carboxylic acids is 1. The molecule has 1 N–H and O–H groups in total. The van der Waals surface area contributed by atoms with Crippen molar-refractivity contribution in [2.24, 2.45) is 0 Å². The van der Waals surface area contributed by atoms with Gasteiger partial charge in [-0.2, -0.15) is 5.10 Å². The quantitative estimate of drug-likeness (QED) is 0.782. The van der Waals surface area contributed by atoms with Crippen molar-refractivity contribution in [3.8, 4) is 11.3 Å². The molecule has 5 heteroatoms. The number of benzene rings is 2. The molecule has 0 bridgehead atoms. The Hall–Kier alpha value is -3.21. The summed E-state index contributed by atoms with van der Waals surface area (Å²) in [6.07, 6.45) is 0. The summed E-state index contributed by atoms with van der Waals surface area (Å²) in [4.78, 5) is 24.9. The van der Waals surface area contributed by atoms with Gasteiger partial charge in [0.15, 0.2) is 0 Å². The molecule has 3 rings (SSSR count). The molecule has 0 aliphatic rings. The zero-order chi connectivity index (χ0) is 18.7. The fourth-order valence-corrected chi connectivity index (χ4v) is 2.77. The van der Waals surface area contributed by atoms with Gasteiger partial charge in [0.25, 0.3) is 5.56 Å². The number of hydrogen-bond acceptors (Lipinski definition) is 3. The third kappa shape index (κ3) is 3.72. The van der Waals surface area contributed by atoms with Crippen LogP contribution in [0.2, 0.25) is 0 Å². The van der Waals surface area contributed by atoms with Crippen molar-refractivity contribution in [1.82, 2.24) is 9.78 Å². The van der Waals surface area contributed by atoms with E-state index in [2.05, 4.69) is 10.4 Å². The van der Waals surface area contributed by atoms with Crippen LogP contribution in [0.4, 0.5) is 5.69 Å². The monoisotopic (exact) mass is 347 g/mol. The smallest absolute Gasteiger partial charge is 0.267 e. The second-order valence-corrected chi connectivity index (χ2v) is 6.35. The van der Waals surface area contributed by atoms with Gasteiger partial charge >= 0.3 is 0 Å². The number of aryl methyl sites for hydroxylation is 2. The van der Waals surface area contributed by atoms with Crippen molar-refractivity contribution >= 4 is 11.6 Å². The lowest BCUT2D eigenvalue weighted by molar-refractivity contribution is -0.119. The standard InChI is InChI=1S/C21H21N3O2/c1-14-9-10-18(15(2)13-14)22-21(26)16(3)24-20(25)12-11-19(23-24)17-7-5-4-6-8-17/h4-13,16H,1-3H3,(H,22,26). The predicted octanol–water partition coefficient (Wildman–Crippen LogP) is 3.73. The Morgan fingerprint density at radius 2 is 1.77 bits per heavy atom. The highest BCUT2D eigenvalue weighted by atomic mass is 16.2. The molecule has 1 heterocycles. The minimum atomic E-state index is -0.730. The fourth-order valence-electron chi connectivity index (χ4n) is 2.77. The van der Waals surface area contributed by atoms with Crippen LogP contribution >= 0.6 is 0 Å². The van der Waals surface area contributed by atoms with Gasteiger partial charge in [-0.25, -0.2) is 4.68 Å². The number of hydrogen-bond donors (Lipinski definition) is 1. The first-order valence-corrected chi connectivity index (χ1v) is 8.49. The van der Waals surface area contributed by atoms with Crippen LogP contribution in [0.3, 0.4) is 0 Å². The summed E-state index contributed by atoms with van der Waals surface area (Å²) in [5.74, 6) is -0.281. The summed E-state index contributed by atoms with van der Waals surface area (Å²) in [5.41, 5.74) is 4.07. The molecule has 1 aromatic heterocycles. The third-order valence-corrected chi connectivity index (χ3v) is 4.28. The van der Waals surface area contributed by atoms with Crippen LogP contribution < -0.4 is 10.9 Å². The molecule has 0 spiro atoms. The molecule has 1 unspecified atom stereocenters. The number of anilines is 1. The van der Waals surface area contributed by atoms with Gasteiger partial charge in [-0.3, -0.25) is 9.59 Å². The Balaban J connectivity index is 1.88. The maximum Gasteiger partial charge on any atom is 0.267 e. The molecule has 2 aromatic carbocycles. The minimum Gasteiger partial charge on any atom is -0.324 e. The molecule has 132 valence electrons. The lowest BCUT2D eigenvalue weighted by Gasteiger charge is -2.16. The first-order chi connectivity index (χ1) is 12.5. The Labute approximate surface area is 152 Å². The van der Waals surface area contributed by atoms with E-state index >= 15 is 0 Å². The molecule has 0 saturated carbocycles. The van der Waals surface area contributed by atoms with Gasteiger partial charge in [-0.1, -0.05) is 48.0 Å². The van der Waals surface area contributed by atoms with Gasteiger partial charge in [0, 0.05) is 17.3 Å². The topological polar surface area (TPSA) is 64.0 Å². The SMILES string of the molecule is Cc1ccc(NC(=O)C(C)n2nc(-c3ccccc3)ccc2=O)c(C)c1. The maximum atomic E-state index is 12.6. The highest BCUT2D eigenvalue weighted by Crippen LogP contribution is 2.18. The summed E-state index contributed by atoms with van der Waals surface area (Å²) in [6.45, 7) is 5.61. The zero-order valence-corrected chi connectivity index (χ0v) is 15.1. The second kappa shape index (κ2) is 7.35. The van der Waals surface area contributed by atoms with Gasteiger partial charge in [0.2, 0.25) is 5.91 Å². The molecular weight excluding hydrogens is 326 g/mol. The average molecular weight is 347 g/mol. The Morgan fingerprint density at radius 3 is 2.46 bits per heavy atom. The molecule has 5 nitrogen and oxygen atoms in total. The molecule has 3 aromatic rings. The van der Waals surface area contributed by atoms with Crippen molar-refractivity contribution in [3.05, 3.63) is 82.1 Å². The van der Waals surface area contributed by atoms with Crippen molar-refractivity contribution in [3.63, 3.8) is 0 Å². The van der Waals surface area contributed by atoms with Crippen LogP contribution in [-0.4, -0.2) is 15.7 Å². The van der Waals surface area contributed by atoms with E-state index in [1.165, 1.54) is 10.7 Å². The first-order valence-electron chi connectivity index (χ1n) is 8.49. The molecule has 0 saturated heterocycles. The van der Waals surface area contributed by atoms with E-state index in [0.717, 1.165) is 22.4 Å². The average Bonchev–Trinajstić information content (AvgIpc) is 2.64. The molecule has 0 fully saturated rings. The molecule has 26 heavy (non-hydrogen) atoms. The van der Waals surface area contributed by atoms with Crippen molar-refractivity contribution in [2.45, 2.75) is 26.8 Å². The molecule has 0 aliphatic heterocycles. The molecule has 1 atom stereocenters. The van der Waals surface area contributed by atoms with Gasteiger partial charge < -0.3 is 5.32 Å². The van der Waals surface area contributed by atoms with Crippen LogP contribution in [0.25, 0.3) is 11.3 Å². The van der Waals surface area contributed by atoms with Crippen molar-refractivity contribution in [1.29, 1.82) is 0 Å². The largest absolute Gasteiger partial charge is 0.324 e. The zero-order valence-electron chi connectivity index (χ0n) is 15.1. The summed E-state index contributed by atoms with van der Waals surface area (Å²) in [6, 6.07) is 17.7. The Kier molecular flexibility index (Phi) is 4.98. The highest BCUT2D eigenvalue weighted by Gasteiger charge is 2.18. The van der Waals surface area contributed by atoms with Gasteiger partial charge in [0.1, 0.15) is 6.04 Å². The number of amides is 1. The van der Waals surface area contributed by atoms with E-state index in [-0.39, 0.29) is 11.5 Å². The van der Waals surface area contributed by atoms with Crippen LogP contribution in [0.1, 0.15) is 24.1 Å². The number of rotatable bonds is 4. The van der Waals surface area contributed by atoms with E-state index < -0.39 is 6.04 Å². The Morgan fingerprint density at radius 1 is 1.04 bits per heavy atom. The van der Waals surface area contributed by atoms with Crippen LogP contribution in [0.15, 0.2) is 65.5 Å². The summed E-state index contributed by atoms with van der Waals surface area (Å²) in [7, 11) is 0. The van der Waals surface area contributed by atoms with Crippen LogP contribution in [-0.2, 0) is 4.79 Å². The highest BCUT2D eigenvalue weighted by molar-refractivity contribution is 5.94. The minimum absolute atomic E-state index is 0.281. The van der Waals surface area contributed by atoms with E-state index in [4.69, 9.17) is 0 Å². The lowest BCUT2D eigenvalue weighted by atomic mass is 10.1. The number of nitrogens with one attached hydrogen (secondary N) is 1. The van der Waals surface area contributed by atoms with Crippen LogP contribution in [0, 0.1) is 13.8 Å². The van der Waals surface area contributed by atoms with Gasteiger partial charge in [-0.05, 0) is 38.5 Å². The fraction of sp³-hybridized carbons (Fsp3) is 0.190. The van der Waals surface area contributed by atoms with Gasteiger partial charge in [0.05, 0.1) is 5.69 Å². The predicted molar refractivity (Wildman–Crippen MR) is 103 cm³/mol. The van der Waals surface area contributed by atoms with Crippen molar-refractivity contribution < 1.29 is 4.79 Å². The number of nitrogens with zero attached hydrogens (tertiary/aromatic N) is 2. The second-order valence-electron chi connectivity index (χ2n) is 6.35. The Bertz CT molecular complexity index is 994. The summed E-state index contributed by atoms with van der Waals surface area (Å²) in [5, 5.41) is 7.27. The number of aromatic nitrogens is 2. The molecular formula is C21H21N3O2. The van der Waals surface area contributed by atoms with E-state index in [0.29, 0.717) is 5.69 Å². The first kappa shape index (κ1) is 17.6. The van der Waals surface area contributed by atoms with E-state index in [1.54, 1.807) is 13.0 Å². The summed E-state index contributed by atoms with van der Waals surface area (Å²) >= 11 is 0. The maximum absolute atomic E-state index is 12.6. The summed E-state index contributed by atoms with van der Waals surface area (Å²) < 4.78 is 1.22. The van der Waals surface area contributed by atoms with E-state index in [1.807, 2.05) is 62.4 Å².